The van der Waals surface area contributed by atoms with Crippen molar-refractivity contribution in [3.63, 3.8) is 0 Å². The third-order valence-corrected chi connectivity index (χ3v) is 3.09. The van der Waals surface area contributed by atoms with Crippen LogP contribution in [-0.2, 0) is 11.2 Å². The van der Waals surface area contributed by atoms with Gasteiger partial charge in [-0.1, -0.05) is 6.07 Å². The van der Waals surface area contributed by atoms with E-state index in [1.807, 2.05) is 0 Å². The van der Waals surface area contributed by atoms with Crippen molar-refractivity contribution >= 4 is 5.97 Å². The number of carbonyl (C=O) groups is 1. The summed E-state index contributed by atoms with van der Waals surface area (Å²) in [6, 6.07) is 5.02. The lowest BCUT2D eigenvalue weighted by atomic mass is 9.96. The lowest BCUT2D eigenvalue weighted by Crippen LogP contribution is -2.17. The van der Waals surface area contributed by atoms with Crippen LogP contribution in [0, 0.1) is 5.41 Å². The predicted molar refractivity (Wildman–Crippen MR) is 57.7 cm³/mol. The zero-order chi connectivity index (χ0) is 11.8. The monoisotopic (exact) mass is 222 g/mol. The van der Waals surface area contributed by atoms with E-state index >= 15 is 0 Å². The van der Waals surface area contributed by atoms with Crippen molar-refractivity contribution < 1.29 is 19.7 Å². The van der Waals surface area contributed by atoms with E-state index in [1.54, 1.807) is 18.2 Å². The van der Waals surface area contributed by atoms with E-state index in [-0.39, 0.29) is 5.75 Å². The summed E-state index contributed by atoms with van der Waals surface area (Å²) in [4.78, 5) is 11.0. The Morgan fingerprint density at radius 3 is 2.62 bits per heavy atom. The fourth-order valence-electron chi connectivity index (χ4n) is 1.85. The molecule has 4 nitrogen and oxygen atoms in total. The van der Waals surface area contributed by atoms with Crippen LogP contribution in [0.2, 0.25) is 0 Å². The molecule has 1 aromatic rings. The Balaban J connectivity index is 2.17. The topological polar surface area (TPSA) is 66.8 Å². The number of ether oxygens (including phenoxy) is 1. The third-order valence-electron chi connectivity index (χ3n) is 3.09. The number of hydrogen-bond acceptors (Lipinski definition) is 3. The molecule has 0 radical (unpaired) electrons. The molecule has 1 saturated carbocycles. The van der Waals surface area contributed by atoms with Crippen molar-refractivity contribution in [2.24, 2.45) is 5.41 Å². The fourth-order valence-corrected chi connectivity index (χ4v) is 1.85. The minimum atomic E-state index is -0.747. The van der Waals surface area contributed by atoms with Gasteiger partial charge in [0.05, 0.1) is 12.5 Å². The number of rotatable bonds is 4. The number of carboxylic acids is 1. The first-order valence-corrected chi connectivity index (χ1v) is 5.17. The standard InChI is InChI=1S/C12H14O4/c1-16-10-3-2-8(6-9(10)13)7-12(4-5-12)11(14)15/h2-3,6,13H,4-5,7H2,1H3,(H,14,15). The minimum Gasteiger partial charge on any atom is -0.504 e. The van der Waals surface area contributed by atoms with Crippen LogP contribution < -0.4 is 4.74 Å². The summed E-state index contributed by atoms with van der Waals surface area (Å²) in [7, 11) is 1.48. The first kappa shape index (κ1) is 10.8. The summed E-state index contributed by atoms with van der Waals surface area (Å²) in [6.07, 6.45) is 1.91. The van der Waals surface area contributed by atoms with E-state index in [9.17, 15) is 9.90 Å². The molecule has 0 atom stereocenters. The molecular weight excluding hydrogens is 208 g/mol. The largest absolute Gasteiger partial charge is 0.504 e. The summed E-state index contributed by atoms with van der Waals surface area (Å²) in [6.45, 7) is 0. The normalized spacial score (nSPS) is 16.8. The molecule has 0 bridgehead atoms. The molecule has 0 heterocycles. The van der Waals surface area contributed by atoms with Gasteiger partial charge in [-0.3, -0.25) is 4.79 Å². The van der Waals surface area contributed by atoms with Crippen LogP contribution in [-0.4, -0.2) is 23.3 Å². The van der Waals surface area contributed by atoms with Gasteiger partial charge in [0.15, 0.2) is 11.5 Å². The molecule has 0 saturated heterocycles. The highest BCUT2D eigenvalue weighted by atomic mass is 16.5. The van der Waals surface area contributed by atoms with Crippen molar-refractivity contribution in [2.75, 3.05) is 7.11 Å². The van der Waals surface area contributed by atoms with Gasteiger partial charge < -0.3 is 14.9 Å². The molecular formula is C12H14O4. The minimum absolute atomic E-state index is 0.0567. The smallest absolute Gasteiger partial charge is 0.309 e. The lowest BCUT2D eigenvalue weighted by molar-refractivity contribution is -0.143. The highest BCUT2D eigenvalue weighted by Crippen LogP contribution is 2.49. The maximum Gasteiger partial charge on any atom is 0.309 e. The quantitative estimate of drug-likeness (QED) is 0.815. The number of aliphatic carboxylic acids is 1. The van der Waals surface area contributed by atoms with E-state index in [4.69, 9.17) is 9.84 Å². The Hall–Kier alpha value is -1.71. The van der Waals surface area contributed by atoms with Crippen molar-refractivity contribution in [3.05, 3.63) is 23.8 Å². The molecule has 1 aliphatic rings. The second-order valence-electron chi connectivity index (χ2n) is 4.27. The highest BCUT2D eigenvalue weighted by molar-refractivity contribution is 5.78. The van der Waals surface area contributed by atoms with Gasteiger partial charge in [0.2, 0.25) is 0 Å². The second kappa shape index (κ2) is 3.70. The van der Waals surface area contributed by atoms with Crippen LogP contribution in [0.4, 0.5) is 0 Å². The molecule has 0 spiro atoms. The number of carboxylic acid groups (broad SMARTS) is 1. The number of phenolic OH excluding ortho intramolecular Hbond substituents is 1. The molecule has 86 valence electrons. The molecule has 0 aromatic heterocycles. The van der Waals surface area contributed by atoms with Gasteiger partial charge >= 0.3 is 5.97 Å². The maximum atomic E-state index is 11.0. The molecule has 16 heavy (non-hydrogen) atoms. The highest BCUT2D eigenvalue weighted by Gasteiger charge is 2.49. The number of aromatic hydroxyl groups is 1. The molecule has 2 N–H and O–H groups in total. The van der Waals surface area contributed by atoms with Gasteiger partial charge in [0, 0.05) is 0 Å². The van der Waals surface area contributed by atoms with Gasteiger partial charge in [0.1, 0.15) is 0 Å². The van der Waals surface area contributed by atoms with Crippen LogP contribution in [0.1, 0.15) is 18.4 Å². The van der Waals surface area contributed by atoms with Crippen LogP contribution >= 0.6 is 0 Å². The molecule has 4 heteroatoms. The van der Waals surface area contributed by atoms with Gasteiger partial charge in [-0.15, -0.1) is 0 Å². The molecule has 1 aliphatic carbocycles. The van der Waals surface area contributed by atoms with E-state index < -0.39 is 11.4 Å². The SMILES string of the molecule is COc1ccc(CC2(C(=O)O)CC2)cc1O. The van der Waals surface area contributed by atoms with E-state index in [2.05, 4.69) is 0 Å². The first-order valence-electron chi connectivity index (χ1n) is 5.17. The summed E-state index contributed by atoms with van der Waals surface area (Å²) >= 11 is 0. The van der Waals surface area contributed by atoms with Crippen molar-refractivity contribution in [1.82, 2.24) is 0 Å². The average molecular weight is 222 g/mol. The predicted octanol–water partition coefficient (Wildman–Crippen LogP) is 1.81. The van der Waals surface area contributed by atoms with Crippen LogP contribution in [0.15, 0.2) is 18.2 Å². The van der Waals surface area contributed by atoms with Crippen molar-refractivity contribution in [1.29, 1.82) is 0 Å². The molecule has 0 aliphatic heterocycles. The molecule has 1 fully saturated rings. The summed E-state index contributed by atoms with van der Waals surface area (Å²) < 4.78 is 4.93. The van der Waals surface area contributed by atoms with Gasteiger partial charge in [0.25, 0.3) is 0 Å². The summed E-state index contributed by atoms with van der Waals surface area (Å²) in [5.41, 5.74) is 0.235. The zero-order valence-electron chi connectivity index (χ0n) is 9.06. The number of methoxy groups -OCH3 is 1. The lowest BCUT2D eigenvalue weighted by Gasteiger charge is -2.11. The fraction of sp³-hybridized carbons (Fsp3) is 0.417. The number of hydrogen-bond donors (Lipinski definition) is 2. The molecule has 0 unspecified atom stereocenters. The average Bonchev–Trinajstić information content (AvgIpc) is 2.99. The Labute approximate surface area is 93.5 Å². The Morgan fingerprint density at radius 2 is 2.19 bits per heavy atom. The zero-order valence-corrected chi connectivity index (χ0v) is 9.06. The van der Waals surface area contributed by atoms with Crippen LogP contribution in [0.5, 0.6) is 11.5 Å². The van der Waals surface area contributed by atoms with Crippen LogP contribution in [0.3, 0.4) is 0 Å². The Kier molecular flexibility index (Phi) is 2.50. The molecule has 2 rings (SSSR count). The van der Waals surface area contributed by atoms with Crippen LogP contribution in [0.25, 0.3) is 0 Å². The Morgan fingerprint density at radius 1 is 1.50 bits per heavy atom. The van der Waals surface area contributed by atoms with E-state index in [1.165, 1.54) is 7.11 Å². The van der Waals surface area contributed by atoms with E-state index in [0.717, 1.165) is 18.4 Å². The maximum absolute atomic E-state index is 11.0. The third kappa shape index (κ3) is 1.83. The molecule has 1 aromatic carbocycles. The number of phenols is 1. The summed E-state index contributed by atoms with van der Waals surface area (Å²) in [5.74, 6) is -0.284. The van der Waals surface area contributed by atoms with Gasteiger partial charge in [-0.2, -0.15) is 0 Å². The molecule has 0 amide bonds. The Bertz CT molecular complexity index is 421. The first-order chi connectivity index (χ1) is 7.57. The van der Waals surface area contributed by atoms with Crippen molar-refractivity contribution in [3.8, 4) is 11.5 Å². The summed E-state index contributed by atoms with van der Waals surface area (Å²) in [5, 5.41) is 18.6. The second-order valence-corrected chi connectivity index (χ2v) is 4.27. The number of benzene rings is 1. The van der Waals surface area contributed by atoms with Gasteiger partial charge in [-0.25, -0.2) is 0 Å². The van der Waals surface area contributed by atoms with Crippen molar-refractivity contribution in [2.45, 2.75) is 19.3 Å². The van der Waals surface area contributed by atoms with E-state index in [0.29, 0.717) is 12.2 Å². The van der Waals surface area contributed by atoms with Gasteiger partial charge in [-0.05, 0) is 37.0 Å².